The smallest absolute Gasteiger partial charge is 0.176 e. The fourth-order valence-electron chi connectivity index (χ4n) is 2.32. The largest absolute Gasteiger partial charge is 0.384 e. The molecular weight excluding hydrogens is 286 g/mol. The number of hydrogen-bond donors (Lipinski definition) is 1. The highest BCUT2D eigenvalue weighted by atomic mass is 16.5. The number of hydrogen-bond acceptors (Lipinski definition) is 3. The van der Waals surface area contributed by atoms with Crippen LogP contribution in [0.2, 0.25) is 0 Å². The van der Waals surface area contributed by atoms with Gasteiger partial charge in [-0.1, -0.05) is 36.3 Å². The van der Waals surface area contributed by atoms with E-state index in [1.807, 2.05) is 56.5 Å². The number of rotatable bonds is 8. The lowest BCUT2D eigenvalue weighted by molar-refractivity contribution is 0.143. The first-order chi connectivity index (χ1) is 11.0. The van der Waals surface area contributed by atoms with Crippen LogP contribution in [0.1, 0.15) is 25.8 Å². The highest BCUT2D eigenvalue weighted by Crippen LogP contribution is 2.31. The van der Waals surface area contributed by atoms with Crippen LogP contribution >= 0.6 is 0 Å². The molecule has 1 rings (SSSR count). The van der Waals surface area contributed by atoms with Gasteiger partial charge in [-0.15, -0.1) is 6.42 Å². The van der Waals surface area contributed by atoms with Gasteiger partial charge in [0.2, 0.25) is 0 Å². The van der Waals surface area contributed by atoms with Gasteiger partial charge in [-0.25, -0.2) is 0 Å². The molecule has 0 aromatic heterocycles. The number of methoxy groups -OCH3 is 1. The molecule has 1 unspecified atom stereocenters. The van der Waals surface area contributed by atoms with Crippen molar-refractivity contribution < 1.29 is 9.84 Å². The lowest BCUT2D eigenvalue weighted by Crippen LogP contribution is -2.26. The molecule has 0 saturated carbocycles. The third kappa shape index (κ3) is 4.72. The number of aliphatic hydroxyl groups is 1. The van der Waals surface area contributed by atoms with Crippen LogP contribution in [0.5, 0.6) is 0 Å². The van der Waals surface area contributed by atoms with E-state index in [9.17, 15) is 5.11 Å². The first-order valence-electron chi connectivity index (χ1n) is 7.87. The second-order valence-corrected chi connectivity index (χ2v) is 5.36. The summed E-state index contributed by atoms with van der Waals surface area (Å²) < 4.78 is 5.07. The van der Waals surface area contributed by atoms with E-state index in [1.165, 1.54) is 0 Å². The zero-order valence-corrected chi connectivity index (χ0v) is 14.5. The number of anilines is 1. The standard InChI is InChI=1S/C20H27NO2/c1-6-10-17(11-9-16-23-5)20(22,7-2)18-12-14-19(15-13-18)21(4)8-3/h2,6,10-15,22H,8-9,16H2,1,3-5H3/b10-6-,17-11+. The fraction of sp³-hybridized carbons (Fsp3) is 0.400. The summed E-state index contributed by atoms with van der Waals surface area (Å²) in [6.07, 6.45) is 12.0. The number of terminal acetylenes is 1. The van der Waals surface area contributed by atoms with E-state index >= 15 is 0 Å². The van der Waals surface area contributed by atoms with Crippen molar-refractivity contribution >= 4 is 5.69 Å². The molecule has 0 fully saturated rings. The van der Waals surface area contributed by atoms with Gasteiger partial charge in [0.15, 0.2) is 5.60 Å². The van der Waals surface area contributed by atoms with E-state index in [0.717, 1.165) is 12.2 Å². The Labute approximate surface area is 140 Å². The molecule has 124 valence electrons. The number of nitrogens with zero attached hydrogens (tertiary/aromatic N) is 1. The normalized spacial score (nSPS) is 14.5. The monoisotopic (exact) mass is 313 g/mol. The summed E-state index contributed by atoms with van der Waals surface area (Å²) in [5, 5.41) is 11.1. The average Bonchev–Trinajstić information content (AvgIpc) is 2.60. The molecule has 0 bridgehead atoms. The van der Waals surface area contributed by atoms with Crippen molar-refractivity contribution in [1.82, 2.24) is 0 Å². The van der Waals surface area contributed by atoms with Crippen LogP contribution in [0.25, 0.3) is 0 Å². The molecule has 23 heavy (non-hydrogen) atoms. The minimum atomic E-state index is -1.44. The Bertz CT molecular complexity index is 581. The van der Waals surface area contributed by atoms with Crippen LogP contribution in [0.3, 0.4) is 0 Å². The second-order valence-electron chi connectivity index (χ2n) is 5.36. The molecule has 0 aliphatic heterocycles. The van der Waals surface area contributed by atoms with E-state index in [2.05, 4.69) is 17.7 Å². The molecule has 0 aliphatic rings. The summed E-state index contributed by atoms with van der Waals surface area (Å²) in [5.74, 6) is 2.55. The minimum Gasteiger partial charge on any atom is -0.384 e. The topological polar surface area (TPSA) is 32.7 Å². The van der Waals surface area contributed by atoms with E-state index in [-0.39, 0.29) is 0 Å². The van der Waals surface area contributed by atoms with Crippen LogP contribution in [-0.4, -0.2) is 32.4 Å². The van der Waals surface area contributed by atoms with E-state index < -0.39 is 5.60 Å². The van der Waals surface area contributed by atoms with Gasteiger partial charge in [-0.2, -0.15) is 0 Å². The first-order valence-corrected chi connectivity index (χ1v) is 7.87. The molecule has 0 saturated heterocycles. The van der Waals surface area contributed by atoms with Gasteiger partial charge in [0.05, 0.1) is 0 Å². The SMILES string of the molecule is C#CC(O)(C(/C=C\C)=C/CCOC)c1ccc(N(C)CC)cc1. The molecule has 0 spiro atoms. The molecule has 3 heteroatoms. The summed E-state index contributed by atoms with van der Waals surface area (Å²) in [7, 11) is 3.68. The average molecular weight is 313 g/mol. The summed E-state index contributed by atoms with van der Waals surface area (Å²) in [4.78, 5) is 2.12. The van der Waals surface area contributed by atoms with E-state index in [4.69, 9.17) is 11.2 Å². The number of allylic oxidation sites excluding steroid dienone is 1. The summed E-state index contributed by atoms with van der Waals surface area (Å²) in [6, 6.07) is 7.72. The lowest BCUT2D eigenvalue weighted by atomic mass is 9.85. The van der Waals surface area contributed by atoms with Gasteiger partial charge in [-0.05, 0) is 38.0 Å². The molecule has 0 radical (unpaired) electrons. The molecule has 0 amide bonds. The Kier molecular flexibility index (Phi) is 7.61. The van der Waals surface area contributed by atoms with Gasteiger partial charge >= 0.3 is 0 Å². The highest BCUT2D eigenvalue weighted by Gasteiger charge is 2.30. The Balaban J connectivity index is 3.20. The third-order valence-electron chi connectivity index (χ3n) is 3.86. The summed E-state index contributed by atoms with van der Waals surface area (Å²) in [6.45, 7) is 5.50. The van der Waals surface area contributed by atoms with Crippen molar-refractivity contribution in [3.63, 3.8) is 0 Å². The van der Waals surface area contributed by atoms with E-state index in [0.29, 0.717) is 24.2 Å². The van der Waals surface area contributed by atoms with Crippen molar-refractivity contribution in [1.29, 1.82) is 0 Å². The van der Waals surface area contributed by atoms with Gasteiger partial charge in [-0.3, -0.25) is 0 Å². The van der Waals surface area contributed by atoms with Crippen molar-refractivity contribution in [3.8, 4) is 12.3 Å². The van der Waals surface area contributed by atoms with Gasteiger partial charge < -0.3 is 14.7 Å². The van der Waals surface area contributed by atoms with Crippen molar-refractivity contribution in [2.45, 2.75) is 25.9 Å². The molecule has 0 aliphatic carbocycles. The second kappa shape index (κ2) is 9.19. The zero-order valence-electron chi connectivity index (χ0n) is 14.5. The van der Waals surface area contributed by atoms with Crippen LogP contribution in [0, 0.1) is 12.3 Å². The Hall–Kier alpha value is -2.02. The Morgan fingerprint density at radius 2 is 2.04 bits per heavy atom. The van der Waals surface area contributed by atoms with Crippen LogP contribution in [-0.2, 0) is 10.3 Å². The Morgan fingerprint density at radius 3 is 2.52 bits per heavy atom. The first kappa shape index (κ1) is 19.0. The third-order valence-corrected chi connectivity index (χ3v) is 3.86. The zero-order chi connectivity index (χ0) is 17.3. The lowest BCUT2D eigenvalue weighted by Gasteiger charge is -2.26. The molecule has 1 aromatic carbocycles. The number of benzene rings is 1. The molecule has 1 N–H and O–H groups in total. The van der Waals surface area contributed by atoms with Gasteiger partial charge in [0.25, 0.3) is 0 Å². The molecular formula is C20H27NO2. The quantitative estimate of drug-likeness (QED) is 0.453. The maximum Gasteiger partial charge on any atom is 0.176 e. The maximum absolute atomic E-state index is 11.1. The van der Waals surface area contributed by atoms with E-state index in [1.54, 1.807) is 7.11 Å². The van der Waals surface area contributed by atoms with Crippen molar-refractivity contribution in [2.24, 2.45) is 0 Å². The van der Waals surface area contributed by atoms with Gasteiger partial charge in [0, 0.05) is 38.6 Å². The Morgan fingerprint density at radius 1 is 1.39 bits per heavy atom. The predicted molar refractivity (Wildman–Crippen MR) is 97.5 cm³/mol. The molecule has 3 nitrogen and oxygen atoms in total. The maximum atomic E-state index is 11.1. The van der Waals surface area contributed by atoms with Crippen molar-refractivity contribution in [2.75, 3.05) is 32.2 Å². The van der Waals surface area contributed by atoms with Crippen LogP contribution < -0.4 is 4.90 Å². The predicted octanol–water partition coefficient (Wildman–Crippen LogP) is 3.50. The van der Waals surface area contributed by atoms with Crippen molar-refractivity contribution in [3.05, 3.63) is 53.6 Å². The van der Waals surface area contributed by atoms with Crippen LogP contribution in [0.15, 0.2) is 48.1 Å². The summed E-state index contributed by atoms with van der Waals surface area (Å²) in [5.41, 5.74) is 1.03. The van der Waals surface area contributed by atoms with Crippen LogP contribution in [0.4, 0.5) is 5.69 Å². The summed E-state index contributed by atoms with van der Waals surface area (Å²) >= 11 is 0. The highest BCUT2D eigenvalue weighted by molar-refractivity contribution is 5.52. The number of ether oxygens (including phenoxy) is 1. The minimum absolute atomic E-state index is 0.585. The molecule has 1 aromatic rings. The molecule has 0 heterocycles. The fourth-order valence-corrected chi connectivity index (χ4v) is 2.32. The van der Waals surface area contributed by atoms with Gasteiger partial charge in [0.1, 0.15) is 0 Å². The molecule has 1 atom stereocenters.